The van der Waals surface area contributed by atoms with Crippen LogP contribution in [0.25, 0.3) is 0 Å². The number of aliphatic hydroxyl groups is 1. The molecule has 2 heterocycles. The zero-order valence-corrected chi connectivity index (χ0v) is 29.6. The van der Waals surface area contributed by atoms with Crippen molar-refractivity contribution in [2.45, 2.75) is 102 Å². The summed E-state index contributed by atoms with van der Waals surface area (Å²) in [6, 6.07) is 14.2. The number of nitrogens with one attached hydrogen (secondary N) is 1. The summed E-state index contributed by atoms with van der Waals surface area (Å²) in [4.78, 5) is 31.8. The van der Waals surface area contributed by atoms with Crippen LogP contribution >= 0.6 is 12.4 Å². The fourth-order valence-electron chi connectivity index (χ4n) is 7.37. The molecule has 0 aromatic heterocycles. The summed E-state index contributed by atoms with van der Waals surface area (Å²) >= 11 is 0. The molecule has 2 amide bonds. The van der Waals surface area contributed by atoms with Crippen LogP contribution in [0.1, 0.15) is 83.6 Å². The van der Waals surface area contributed by atoms with Crippen molar-refractivity contribution < 1.29 is 27.9 Å². The summed E-state index contributed by atoms with van der Waals surface area (Å²) in [5.74, 6) is 1.19. The molecule has 1 spiro atoms. The lowest BCUT2D eigenvalue weighted by Gasteiger charge is -2.52. The second-order valence-corrected chi connectivity index (χ2v) is 15.2. The molecule has 1 atom stereocenters. The normalized spacial score (nSPS) is 21.2. The number of piperidine rings is 1. The number of hydrogen-bond acceptors (Lipinski definition) is 7. The van der Waals surface area contributed by atoms with E-state index in [9.17, 15) is 23.1 Å². The minimum atomic E-state index is -3.34. The Labute approximate surface area is 286 Å². The highest BCUT2D eigenvalue weighted by Crippen LogP contribution is 2.38. The van der Waals surface area contributed by atoms with Gasteiger partial charge < -0.3 is 20.1 Å². The molecule has 2 aromatic carbocycles. The van der Waals surface area contributed by atoms with E-state index in [1.165, 1.54) is 10.6 Å². The first-order valence-corrected chi connectivity index (χ1v) is 18.7. The summed E-state index contributed by atoms with van der Waals surface area (Å²) in [7, 11) is -3.34. The van der Waals surface area contributed by atoms with E-state index in [-0.39, 0.29) is 24.2 Å². The number of likely N-dealkylation sites (tertiary alicyclic amines) is 1. The van der Waals surface area contributed by atoms with Crippen LogP contribution in [0.15, 0.2) is 48.5 Å². The van der Waals surface area contributed by atoms with Crippen molar-refractivity contribution in [3.8, 4) is 11.5 Å². The lowest BCUT2D eigenvalue weighted by atomic mass is 9.77. The third kappa shape index (κ3) is 8.60. The Morgan fingerprint density at radius 2 is 1.53 bits per heavy atom. The smallest absolute Gasteiger partial charge is 0.246 e. The molecule has 2 N–H and O–H groups in total. The van der Waals surface area contributed by atoms with Gasteiger partial charge in [-0.1, -0.05) is 44.7 Å². The number of unbranched alkanes of at least 4 members (excludes halogenated alkanes) is 1. The van der Waals surface area contributed by atoms with E-state index in [1.54, 1.807) is 31.2 Å². The molecule has 0 radical (unpaired) electrons. The first-order chi connectivity index (χ1) is 22.0. The number of amides is 2. The van der Waals surface area contributed by atoms with Crippen LogP contribution in [-0.2, 0) is 26.2 Å². The van der Waals surface area contributed by atoms with Gasteiger partial charge in [0.15, 0.2) is 0 Å². The number of piperazine rings is 1. The van der Waals surface area contributed by atoms with Gasteiger partial charge in [-0.2, -0.15) is 0 Å². The number of halogens is 1. The van der Waals surface area contributed by atoms with Gasteiger partial charge in [-0.3, -0.25) is 18.8 Å². The molecule has 10 nitrogen and oxygen atoms in total. The zero-order chi connectivity index (χ0) is 33.0. The second kappa shape index (κ2) is 15.6. The van der Waals surface area contributed by atoms with E-state index in [1.807, 2.05) is 29.2 Å². The summed E-state index contributed by atoms with van der Waals surface area (Å²) in [5, 5.41) is 14.2. The first-order valence-electron chi connectivity index (χ1n) is 16.9. The molecule has 2 aliphatic heterocycles. The second-order valence-electron chi connectivity index (χ2n) is 13.3. The van der Waals surface area contributed by atoms with Gasteiger partial charge >= 0.3 is 0 Å². The minimum Gasteiger partial charge on any atom is -0.457 e. The van der Waals surface area contributed by atoms with Gasteiger partial charge in [0.2, 0.25) is 21.8 Å². The molecule has 5 rings (SSSR count). The van der Waals surface area contributed by atoms with Gasteiger partial charge in [-0.15, -0.1) is 12.4 Å². The van der Waals surface area contributed by atoms with E-state index < -0.39 is 27.2 Å². The molecule has 0 bridgehead atoms. The molecule has 3 fully saturated rings. The number of anilines is 1. The molecule has 2 aromatic rings. The van der Waals surface area contributed by atoms with Crippen molar-refractivity contribution in [2.24, 2.45) is 0 Å². The molecule has 47 heavy (non-hydrogen) atoms. The van der Waals surface area contributed by atoms with Crippen molar-refractivity contribution in [3.63, 3.8) is 0 Å². The molecular weight excluding hydrogens is 640 g/mol. The largest absolute Gasteiger partial charge is 0.457 e. The number of rotatable bonds is 12. The number of hydrogen-bond donors (Lipinski definition) is 2. The quantitative estimate of drug-likeness (QED) is 0.313. The van der Waals surface area contributed by atoms with Crippen molar-refractivity contribution in [3.05, 3.63) is 54.1 Å². The first kappa shape index (κ1) is 37.0. The molecule has 2 saturated heterocycles. The standard InChI is InChI=1S/C35H50N4O6S.ClH/c1-4-6-22-38-32(40)31(25-34(42)18-8-7-9-19-34)36-33(41)35(38)20-23-37(24-21-35)26-27-10-14-29(15-11-27)45-30-16-12-28(13-17-30)39(5-2)46(3,43)44;/h10-17,31,42H,4-9,18-26H2,1-3H3,(H,36,41);1H/t31-;/m1./s1. The molecule has 1 saturated carbocycles. The number of nitrogens with zero attached hydrogens (tertiary/aromatic N) is 3. The van der Waals surface area contributed by atoms with Gasteiger partial charge in [0.1, 0.15) is 23.1 Å². The highest BCUT2D eigenvalue weighted by Gasteiger charge is 2.54. The van der Waals surface area contributed by atoms with E-state index in [0.717, 1.165) is 44.2 Å². The number of carbonyl (C=O) groups is 2. The summed E-state index contributed by atoms with van der Waals surface area (Å²) < 4.78 is 31.4. The third-order valence-electron chi connectivity index (χ3n) is 9.97. The van der Waals surface area contributed by atoms with Crippen molar-refractivity contribution in [1.82, 2.24) is 15.1 Å². The lowest BCUT2D eigenvalue weighted by Crippen LogP contribution is -2.73. The van der Waals surface area contributed by atoms with E-state index >= 15 is 0 Å². The zero-order valence-electron chi connectivity index (χ0n) is 27.9. The van der Waals surface area contributed by atoms with Crippen molar-refractivity contribution in [1.29, 1.82) is 0 Å². The van der Waals surface area contributed by atoms with Gasteiger partial charge in [-0.05, 0) is 81.0 Å². The third-order valence-corrected chi connectivity index (χ3v) is 11.2. The Balaban J connectivity index is 0.00000500. The molecular formula is C35H51ClN4O6S. The molecule has 3 aliphatic rings. The Bertz CT molecular complexity index is 1460. The number of sulfonamides is 1. The Hall–Kier alpha value is -2.86. The van der Waals surface area contributed by atoms with Crippen LogP contribution in [-0.4, -0.2) is 84.8 Å². The Morgan fingerprint density at radius 1 is 0.936 bits per heavy atom. The van der Waals surface area contributed by atoms with Crippen LogP contribution in [0.5, 0.6) is 11.5 Å². The molecule has 260 valence electrons. The summed E-state index contributed by atoms with van der Waals surface area (Å²) in [6.45, 7) is 6.94. The topological polar surface area (TPSA) is 119 Å². The molecule has 12 heteroatoms. The van der Waals surface area contributed by atoms with Gasteiger partial charge in [-0.25, -0.2) is 8.42 Å². The fourth-order valence-corrected chi connectivity index (χ4v) is 8.35. The average molecular weight is 691 g/mol. The Kier molecular flexibility index (Phi) is 12.2. The maximum Gasteiger partial charge on any atom is 0.246 e. The van der Waals surface area contributed by atoms with Crippen molar-refractivity contribution in [2.75, 3.05) is 36.7 Å². The predicted octanol–water partition coefficient (Wildman–Crippen LogP) is 5.23. The summed E-state index contributed by atoms with van der Waals surface area (Å²) in [6.07, 6.45) is 8.84. The maximum absolute atomic E-state index is 13.9. The number of carbonyl (C=O) groups excluding carboxylic acids is 2. The van der Waals surface area contributed by atoms with Crippen LogP contribution in [0, 0.1) is 0 Å². The fraction of sp³-hybridized carbons (Fsp3) is 0.600. The SMILES string of the molecule is CCCCN1C(=O)[C@@H](CC2(O)CCCCC2)NC(=O)C12CCN(Cc1ccc(Oc3ccc(N(CC)S(C)(=O)=O)cc3)cc1)CC2.Cl. The molecule has 1 aliphatic carbocycles. The van der Waals surface area contributed by atoms with Gasteiger partial charge in [0.25, 0.3) is 0 Å². The maximum atomic E-state index is 13.9. The van der Waals surface area contributed by atoms with E-state index in [4.69, 9.17) is 4.74 Å². The van der Waals surface area contributed by atoms with E-state index in [2.05, 4.69) is 17.1 Å². The monoisotopic (exact) mass is 690 g/mol. The minimum absolute atomic E-state index is 0. The van der Waals surface area contributed by atoms with Crippen LogP contribution in [0.3, 0.4) is 0 Å². The Morgan fingerprint density at radius 3 is 2.09 bits per heavy atom. The molecule has 0 unspecified atom stereocenters. The lowest BCUT2D eigenvalue weighted by molar-refractivity contribution is -0.163. The summed E-state index contributed by atoms with van der Waals surface area (Å²) in [5.41, 5.74) is 0.00498. The highest BCUT2D eigenvalue weighted by molar-refractivity contribution is 7.92. The number of ether oxygens (including phenoxy) is 1. The van der Waals surface area contributed by atoms with Crippen LogP contribution in [0.2, 0.25) is 0 Å². The van der Waals surface area contributed by atoms with Gasteiger partial charge in [0.05, 0.1) is 17.5 Å². The predicted molar refractivity (Wildman–Crippen MR) is 187 cm³/mol. The number of benzene rings is 2. The van der Waals surface area contributed by atoms with Crippen LogP contribution < -0.4 is 14.4 Å². The van der Waals surface area contributed by atoms with Gasteiger partial charge in [0, 0.05) is 39.1 Å². The average Bonchev–Trinajstić information content (AvgIpc) is 3.02. The van der Waals surface area contributed by atoms with Crippen molar-refractivity contribution >= 4 is 39.9 Å². The highest BCUT2D eigenvalue weighted by atomic mass is 35.5. The van der Waals surface area contributed by atoms with Crippen LogP contribution in [0.4, 0.5) is 5.69 Å². The van der Waals surface area contributed by atoms with E-state index in [0.29, 0.717) is 75.5 Å².